The Labute approximate surface area is 208 Å². The number of nitrogens with zero attached hydrogens (tertiary/aromatic N) is 4. The summed E-state index contributed by atoms with van der Waals surface area (Å²) in [6.07, 6.45) is 3.29. The van der Waals surface area contributed by atoms with Gasteiger partial charge in [-0.05, 0) is 67.2 Å². The molecule has 2 aromatic carbocycles. The quantitative estimate of drug-likeness (QED) is 0.326. The van der Waals surface area contributed by atoms with Crippen LogP contribution < -0.4 is 5.32 Å². The third-order valence-corrected chi connectivity index (χ3v) is 7.61. The molecule has 5 rings (SSSR count). The van der Waals surface area contributed by atoms with Gasteiger partial charge < -0.3 is 5.32 Å². The first-order chi connectivity index (χ1) is 16.7. The van der Waals surface area contributed by atoms with E-state index in [1.54, 1.807) is 11.3 Å². The maximum atomic E-state index is 12.7. The van der Waals surface area contributed by atoms with Crippen molar-refractivity contribution in [1.29, 1.82) is 0 Å². The molecular formula is C26H27N5OS2. The molecule has 174 valence electrons. The van der Waals surface area contributed by atoms with Crippen LogP contribution in [-0.2, 0) is 17.8 Å². The first kappa shape index (κ1) is 22.8. The zero-order valence-electron chi connectivity index (χ0n) is 18.9. The second-order valence-corrected chi connectivity index (χ2v) is 10.3. The van der Waals surface area contributed by atoms with Crippen LogP contribution in [0.4, 0.5) is 5.69 Å². The number of likely N-dealkylation sites (tertiary alicyclic amines) is 1. The lowest BCUT2D eigenvalue weighted by Crippen LogP contribution is -2.18. The summed E-state index contributed by atoms with van der Waals surface area (Å²) in [6.45, 7) is 3.34. The Balaban J connectivity index is 1.23. The molecule has 4 aromatic rings. The highest BCUT2D eigenvalue weighted by atomic mass is 32.2. The minimum Gasteiger partial charge on any atom is -0.325 e. The number of benzene rings is 2. The molecule has 0 saturated carbocycles. The standard InChI is InChI=1S/C26H27N5OS2/c32-25(27-21-12-10-20(11-13-21)18-30-14-4-5-15-30)19-34-26-29-28-24(17-23-9-6-16-33-23)31(26)22-7-2-1-3-8-22/h1-3,6-13,16H,4-5,14-15,17-19H2,(H,27,32). The van der Waals surface area contributed by atoms with Crippen LogP contribution in [0.2, 0.25) is 0 Å². The SMILES string of the molecule is O=C(CSc1nnc(Cc2cccs2)n1-c1ccccc1)Nc1ccc(CN2CCCC2)cc1. The second kappa shape index (κ2) is 11.0. The van der Waals surface area contributed by atoms with E-state index in [2.05, 4.69) is 44.0 Å². The number of carbonyl (C=O) groups excluding carboxylic acids is 1. The number of carbonyl (C=O) groups is 1. The minimum absolute atomic E-state index is 0.0558. The zero-order valence-corrected chi connectivity index (χ0v) is 20.5. The van der Waals surface area contributed by atoms with E-state index in [4.69, 9.17) is 0 Å². The van der Waals surface area contributed by atoms with Crippen molar-refractivity contribution in [2.24, 2.45) is 0 Å². The first-order valence-electron chi connectivity index (χ1n) is 11.5. The van der Waals surface area contributed by atoms with Crippen LogP contribution >= 0.6 is 23.1 Å². The molecule has 1 saturated heterocycles. The number of anilines is 1. The molecule has 2 aromatic heterocycles. The van der Waals surface area contributed by atoms with Crippen LogP contribution in [0.5, 0.6) is 0 Å². The maximum Gasteiger partial charge on any atom is 0.234 e. The van der Waals surface area contributed by atoms with Crippen molar-refractivity contribution in [2.75, 3.05) is 24.2 Å². The van der Waals surface area contributed by atoms with Crippen molar-refractivity contribution in [3.8, 4) is 5.69 Å². The van der Waals surface area contributed by atoms with Crippen LogP contribution in [-0.4, -0.2) is 44.4 Å². The predicted octanol–water partition coefficient (Wildman–Crippen LogP) is 5.25. The summed E-state index contributed by atoms with van der Waals surface area (Å²) in [5.74, 6) is 1.07. The fourth-order valence-corrected chi connectivity index (χ4v) is 5.61. The second-order valence-electron chi connectivity index (χ2n) is 8.34. The molecular weight excluding hydrogens is 462 g/mol. The van der Waals surface area contributed by atoms with Gasteiger partial charge in [-0.1, -0.05) is 48.2 Å². The first-order valence-corrected chi connectivity index (χ1v) is 13.4. The van der Waals surface area contributed by atoms with Crippen LogP contribution in [0.15, 0.2) is 77.3 Å². The summed E-state index contributed by atoms with van der Waals surface area (Å²) in [7, 11) is 0. The molecule has 1 aliphatic heterocycles. The summed E-state index contributed by atoms with van der Waals surface area (Å²) in [6, 6.07) is 22.4. The van der Waals surface area contributed by atoms with Gasteiger partial charge in [-0.25, -0.2) is 0 Å². The largest absolute Gasteiger partial charge is 0.325 e. The molecule has 1 fully saturated rings. The van der Waals surface area contributed by atoms with Crippen molar-refractivity contribution in [3.63, 3.8) is 0 Å². The summed E-state index contributed by atoms with van der Waals surface area (Å²) < 4.78 is 2.05. The average molecular weight is 490 g/mol. The number of para-hydroxylation sites is 1. The molecule has 1 aliphatic rings. The predicted molar refractivity (Wildman–Crippen MR) is 139 cm³/mol. The minimum atomic E-state index is -0.0558. The molecule has 1 amide bonds. The van der Waals surface area contributed by atoms with Crippen molar-refractivity contribution < 1.29 is 4.79 Å². The van der Waals surface area contributed by atoms with Crippen LogP contribution in [0.3, 0.4) is 0 Å². The Morgan fingerprint density at radius 2 is 1.76 bits per heavy atom. The van der Waals surface area contributed by atoms with E-state index in [-0.39, 0.29) is 11.7 Å². The number of thiophene rings is 1. The van der Waals surface area contributed by atoms with E-state index in [0.29, 0.717) is 11.6 Å². The van der Waals surface area contributed by atoms with E-state index in [1.807, 2.05) is 53.1 Å². The molecule has 0 bridgehead atoms. The molecule has 3 heterocycles. The van der Waals surface area contributed by atoms with Gasteiger partial charge in [0.25, 0.3) is 0 Å². The fourth-order valence-electron chi connectivity index (χ4n) is 4.13. The Morgan fingerprint density at radius 1 is 0.971 bits per heavy atom. The van der Waals surface area contributed by atoms with Gasteiger partial charge in [0.2, 0.25) is 5.91 Å². The summed E-state index contributed by atoms with van der Waals surface area (Å²) in [4.78, 5) is 16.4. The number of hydrogen-bond donors (Lipinski definition) is 1. The molecule has 6 nitrogen and oxygen atoms in total. The highest BCUT2D eigenvalue weighted by Gasteiger charge is 2.17. The van der Waals surface area contributed by atoms with Crippen molar-refractivity contribution >= 4 is 34.7 Å². The number of hydrogen-bond acceptors (Lipinski definition) is 6. The third-order valence-electron chi connectivity index (χ3n) is 5.80. The Morgan fingerprint density at radius 3 is 2.50 bits per heavy atom. The van der Waals surface area contributed by atoms with E-state index in [0.717, 1.165) is 23.7 Å². The van der Waals surface area contributed by atoms with Crippen molar-refractivity contribution in [2.45, 2.75) is 31.0 Å². The Hall–Kier alpha value is -2.94. The lowest BCUT2D eigenvalue weighted by atomic mass is 10.2. The summed E-state index contributed by atoms with van der Waals surface area (Å²) >= 11 is 3.11. The van der Waals surface area contributed by atoms with Gasteiger partial charge in [0, 0.05) is 29.2 Å². The molecule has 1 N–H and O–H groups in total. The third kappa shape index (κ3) is 5.75. The van der Waals surface area contributed by atoms with Gasteiger partial charge in [0.15, 0.2) is 5.16 Å². The number of aromatic nitrogens is 3. The van der Waals surface area contributed by atoms with Crippen molar-refractivity contribution in [3.05, 3.63) is 88.4 Å². The molecule has 8 heteroatoms. The topological polar surface area (TPSA) is 63.1 Å². The van der Waals surface area contributed by atoms with Gasteiger partial charge in [0.1, 0.15) is 5.82 Å². The number of thioether (sulfide) groups is 1. The lowest BCUT2D eigenvalue weighted by molar-refractivity contribution is -0.113. The summed E-state index contributed by atoms with van der Waals surface area (Å²) in [5, 5.41) is 14.6. The maximum absolute atomic E-state index is 12.7. The number of rotatable bonds is 9. The van der Waals surface area contributed by atoms with E-state index in [1.165, 1.54) is 48.1 Å². The molecule has 0 atom stereocenters. The average Bonchev–Trinajstić information content (AvgIpc) is 3.63. The van der Waals surface area contributed by atoms with Gasteiger partial charge in [-0.15, -0.1) is 21.5 Å². The van der Waals surface area contributed by atoms with Gasteiger partial charge >= 0.3 is 0 Å². The molecule has 0 radical (unpaired) electrons. The van der Waals surface area contributed by atoms with Crippen LogP contribution in [0, 0.1) is 0 Å². The Kier molecular flexibility index (Phi) is 7.38. The van der Waals surface area contributed by atoms with E-state index in [9.17, 15) is 4.79 Å². The highest BCUT2D eigenvalue weighted by molar-refractivity contribution is 7.99. The monoisotopic (exact) mass is 489 g/mol. The van der Waals surface area contributed by atoms with Gasteiger partial charge in [0.05, 0.1) is 5.75 Å². The summed E-state index contributed by atoms with van der Waals surface area (Å²) in [5.41, 5.74) is 3.10. The molecule has 0 aliphatic carbocycles. The lowest BCUT2D eigenvalue weighted by Gasteiger charge is -2.14. The molecule has 34 heavy (non-hydrogen) atoms. The smallest absolute Gasteiger partial charge is 0.234 e. The van der Waals surface area contributed by atoms with Crippen molar-refractivity contribution in [1.82, 2.24) is 19.7 Å². The fraction of sp³-hybridized carbons (Fsp3) is 0.269. The Bertz CT molecular complexity index is 1200. The normalized spacial score (nSPS) is 13.9. The van der Waals surface area contributed by atoms with Crippen LogP contribution in [0.1, 0.15) is 29.1 Å². The number of amides is 1. The molecule has 0 unspecified atom stereocenters. The van der Waals surface area contributed by atoms with Gasteiger partial charge in [-0.3, -0.25) is 14.3 Å². The van der Waals surface area contributed by atoms with E-state index < -0.39 is 0 Å². The number of nitrogens with one attached hydrogen (secondary N) is 1. The highest BCUT2D eigenvalue weighted by Crippen LogP contribution is 2.25. The van der Waals surface area contributed by atoms with Crippen LogP contribution in [0.25, 0.3) is 5.69 Å². The zero-order chi connectivity index (χ0) is 23.2. The molecule has 0 spiro atoms. The van der Waals surface area contributed by atoms with Gasteiger partial charge in [-0.2, -0.15) is 0 Å². The van der Waals surface area contributed by atoms with E-state index >= 15 is 0 Å².